The first-order valence-corrected chi connectivity index (χ1v) is 7.89. The van der Waals surface area contributed by atoms with E-state index < -0.39 is 17.6 Å². The summed E-state index contributed by atoms with van der Waals surface area (Å²) in [5.74, 6) is -1.95. The van der Waals surface area contributed by atoms with Crippen molar-refractivity contribution in [3.63, 3.8) is 0 Å². The van der Waals surface area contributed by atoms with E-state index in [9.17, 15) is 14.0 Å². The molecule has 0 radical (unpaired) electrons. The summed E-state index contributed by atoms with van der Waals surface area (Å²) in [7, 11) is 0. The van der Waals surface area contributed by atoms with E-state index in [1.54, 1.807) is 36.5 Å². The lowest BCUT2D eigenvalue weighted by Crippen LogP contribution is -2.44. The van der Waals surface area contributed by atoms with E-state index in [1.807, 2.05) is 10.8 Å². The molecule has 2 aromatic rings. The van der Waals surface area contributed by atoms with Crippen LogP contribution in [0.15, 0.2) is 36.9 Å². The van der Waals surface area contributed by atoms with Gasteiger partial charge in [-0.05, 0) is 31.4 Å². The highest BCUT2D eigenvalue weighted by molar-refractivity contribution is 6.39. The van der Waals surface area contributed by atoms with Gasteiger partial charge in [-0.2, -0.15) is 0 Å². The lowest BCUT2D eigenvalue weighted by atomic mass is 10.2. The molecule has 24 heavy (non-hydrogen) atoms. The number of halogens is 1. The third kappa shape index (κ3) is 3.29. The molecule has 1 unspecified atom stereocenters. The summed E-state index contributed by atoms with van der Waals surface area (Å²) in [5, 5.41) is 2.38. The van der Waals surface area contributed by atoms with Gasteiger partial charge in [-0.25, -0.2) is 9.37 Å². The van der Waals surface area contributed by atoms with Crippen molar-refractivity contribution in [3.05, 3.63) is 48.3 Å². The van der Waals surface area contributed by atoms with Crippen molar-refractivity contribution < 1.29 is 14.0 Å². The average molecular weight is 330 g/mol. The number of imidazole rings is 1. The van der Waals surface area contributed by atoms with Crippen LogP contribution in [0.2, 0.25) is 0 Å². The number of amides is 2. The Hall–Kier alpha value is -2.70. The molecule has 6 nitrogen and oxygen atoms in total. The number of aryl methyl sites for hydroxylation is 1. The van der Waals surface area contributed by atoms with Crippen LogP contribution in [-0.4, -0.2) is 38.9 Å². The Labute approximate surface area is 139 Å². The van der Waals surface area contributed by atoms with Crippen LogP contribution in [0.4, 0.5) is 10.1 Å². The SMILES string of the molecule is Cc1cccc(NC(=O)C(=O)N2CCCC2Cn2ccnc2)c1F. The molecule has 126 valence electrons. The van der Waals surface area contributed by atoms with Crippen molar-refractivity contribution in [3.8, 4) is 0 Å². The van der Waals surface area contributed by atoms with E-state index >= 15 is 0 Å². The first-order valence-electron chi connectivity index (χ1n) is 7.89. The molecule has 1 atom stereocenters. The Morgan fingerprint density at radius 2 is 2.25 bits per heavy atom. The number of carbonyl (C=O) groups excluding carboxylic acids is 2. The predicted octanol–water partition coefficient (Wildman–Crippen LogP) is 1.96. The largest absolute Gasteiger partial charge is 0.335 e. The molecule has 1 aliphatic heterocycles. The zero-order valence-electron chi connectivity index (χ0n) is 13.4. The minimum Gasteiger partial charge on any atom is -0.335 e. The van der Waals surface area contributed by atoms with Crippen molar-refractivity contribution in [2.24, 2.45) is 0 Å². The van der Waals surface area contributed by atoms with Crippen LogP contribution in [0.25, 0.3) is 0 Å². The Morgan fingerprint density at radius 3 is 3.00 bits per heavy atom. The number of nitrogens with zero attached hydrogens (tertiary/aromatic N) is 3. The Kier molecular flexibility index (Phi) is 4.59. The molecule has 2 heterocycles. The molecule has 2 amide bonds. The van der Waals surface area contributed by atoms with Crippen LogP contribution in [0, 0.1) is 12.7 Å². The van der Waals surface area contributed by atoms with E-state index in [2.05, 4.69) is 10.3 Å². The van der Waals surface area contributed by atoms with Crippen LogP contribution in [0.5, 0.6) is 0 Å². The maximum atomic E-state index is 14.0. The molecule has 1 aromatic carbocycles. The number of carbonyl (C=O) groups is 2. The topological polar surface area (TPSA) is 67.2 Å². The Morgan fingerprint density at radius 1 is 1.42 bits per heavy atom. The number of benzene rings is 1. The summed E-state index contributed by atoms with van der Waals surface area (Å²) in [6, 6.07) is 4.63. The number of likely N-dealkylation sites (tertiary alicyclic amines) is 1. The quantitative estimate of drug-likeness (QED) is 0.875. The van der Waals surface area contributed by atoms with Gasteiger partial charge in [-0.3, -0.25) is 9.59 Å². The van der Waals surface area contributed by atoms with Crippen molar-refractivity contribution >= 4 is 17.5 Å². The molecule has 1 aromatic heterocycles. The molecule has 1 aliphatic rings. The number of hydrogen-bond acceptors (Lipinski definition) is 3. The molecule has 3 rings (SSSR count). The highest BCUT2D eigenvalue weighted by Gasteiger charge is 2.32. The third-order valence-electron chi connectivity index (χ3n) is 4.25. The van der Waals surface area contributed by atoms with Gasteiger partial charge >= 0.3 is 11.8 Å². The Balaban J connectivity index is 1.68. The summed E-state index contributed by atoms with van der Waals surface area (Å²) < 4.78 is 15.9. The summed E-state index contributed by atoms with van der Waals surface area (Å²) in [6.45, 7) is 2.73. The molecule has 0 saturated carbocycles. The summed E-state index contributed by atoms with van der Waals surface area (Å²) in [4.78, 5) is 30.2. The van der Waals surface area contributed by atoms with E-state index in [0.717, 1.165) is 12.8 Å². The maximum Gasteiger partial charge on any atom is 0.313 e. The summed E-state index contributed by atoms with van der Waals surface area (Å²) >= 11 is 0. The van der Waals surface area contributed by atoms with Gasteiger partial charge in [0, 0.05) is 25.5 Å². The van der Waals surface area contributed by atoms with E-state index in [1.165, 1.54) is 6.07 Å². The molecule has 0 spiro atoms. The highest BCUT2D eigenvalue weighted by Crippen LogP contribution is 2.21. The van der Waals surface area contributed by atoms with Crippen molar-refractivity contribution in [1.29, 1.82) is 0 Å². The molecule has 1 saturated heterocycles. The molecule has 0 aliphatic carbocycles. The Bertz CT molecular complexity index is 745. The fourth-order valence-corrected chi connectivity index (χ4v) is 2.98. The molecule has 1 fully saturated rings. The van der Waals surface area contributed by atoms with Gasteiger partial charge in [-0.15, -0.1) is 0 Å². The predicted molar refractivity (Wildman–Crippen MR) is 86.7 cm³/mol. The number of nitrogens with one attached hydrogen (secondary N) is 1. The minimum atomic E-state index is -0.808. The van der Waals surface area contributed by atoms with Crippen molar-refractivity contribution in [2.45, 2.75) is 32.4 Å². The number of hydrogen-bond donors (Lipinski definition) is 1. The monoisotopic (exact) mass is 330 g/mol. The van der Waals surface area contributed by atoms with Gasteiger partial charge in [-0.1, -0.05) is 12.1 Å². The second-order valence-corrected chi connectivity index (χ2v) is 5.94. The fraction of sp³-hybridized carbons (Fsp3) is 0.353. The van der Waals surface area contributed by atoms with Gasteiger partial charge in [0.2, 0.25) is 0 Å². The molecule has 0 bridgehead atoms. The minimum absolute atomic E-state index is 0.0266. The van der Waals surface area contributed by atoms with E-state index in [4.69, 9.17) is 0 Å². The second-order valence-electron chi connectivity index (χ2n) is 5.94. The second kappa shape index (κ2) is 6.82. The van der Waals surface area contributed by atoms with Crippen molar-refractivity contribution in [1.82, 2.24) is 14.5 Å². The summed E-state index contributed by atoms with van der Waals surface area (Å²) in [5.41, 5.74) is 0.443. The van der Waals surface area contributed by atoms with Gasteiger partial charge in [0.15, 0.2) is 0 Å². The molecule has 1 N–H and O–H groups in total. The number of rotatable bonds is 3. The van der Waals surface area contributed by atoms with Gasteiger partial charge in [0.05, 0.1) is 18.1 Å². The lowest BCUT2D eigenvalue weighted by molar-refractivity contribution is -0.143. The zero-order valence-corrected chi connectivity index (χ0v) is 13.4. The van der Waals surface area contributed by atoms with Crippen LogP contribution >= 0.6 is 0 Å². The highest BCUT2D eigenvalue weighted by atomic mass is 19.1. The first-order chi connectivity index (χ1) is 11.6. The summed E-state index contributed by atoms with van der Waals surface area (Å²) in [6.07, 6.45) is 6.86. The van der Waals surface area contributed by atoms with Gasteiger partial charge in [0.1, 0.15) is 5.82 Å². The van der Waals surface area contributed by atoms with Gasteiger partial charge in [0.25, 0.3) is 0 Å². The number of aromatic nitrogens is 2. The average Bonchev–Trinajstić information content (AvgIpc) is 3.23. The maximum absolute atomic E-state index is 14.0. The van der Waals surface area contributed by atoms with Crippen LogP contribution in [0.1, 0.15) is 18.4 Å². The van der Waals surface area contributed by atoms with E-state index in [-0.39, 0.29) is 11.7 Å². The zero-order chi connectivity index (χ0) is 17.1. The third-order valence-corrected chi connectivity index (χ3v) is 4.25. The van der Waals surface area contributed by atoms with Gasteiger partial charge < -0.3 is 14.8 Å². The van der Waals surface area contributed by atoms with E-state index in [0.29, 0.717) is 18.7 Å². The molecule has 7 heteroatoms. The normalized spacial score (nSPS) is 17.1. The first kappa shape index (κ1) is 16.2. The number of anilines is 1. The lowest BCUT2D eigenvalue weighted by Gasteiger charge is -2.24. The van der Waals surface area contributed by atoms with Crippen LogP contribution < -0.4 is 5.32 Å². The molecular weight excluding hydrogens is 311 g/mol. The van der Waals surface area contributed by atoms with Crippen LogP contribution in [-0.2, 0) is 16.1 Å². The smallest absolute Gasteiger partial charge is 0.313 e. The standard InChI is InChI=1S/C17H19FN4O2/c1-12-4-2-6-14(15(12)18)20-16(23)17(24)22-8-3-5-13(22)10-21-9-7-19-11-21/h2,4,6-7,9,11,13H,3,5,8,10H2,1H3,(H,20,23). The fourth-order valence-electron chi connectivity index (χ4n) is 2.98. The van der Waals surface area contributed by atoms with Crippen molar-refractivity contribution in [2.75, 3.05) is 11.9 Å². The van der Waals surface area contributed by atoms with Crippen LogP contribution in [0.3, 0.4) is 0 Å². The molecular formula is C17H19FN4O2.